The number of aromatic nitrogens is 1. The van der Waals surface area contributed by atoms with Crippen LogP contribution in [0.15, 0.2) is 12.3 Å². The van der Waals surface area contributed by atoms with Crippen molar-refractivity contribution in [1.82, 2.24) is 15.2 Å². The van der Waals surface area contributed by atoms with E-state index in [2.05, 4.69) is 15.6 Å². The number of hydrogen-bond donors (Lipinski definition) is 2. The maximum absolute atomic E-state index is 12.2. The standard InChI is InChI=1S/C13H17ClN4O2/c1-2-3-16-12-10(14)6-9(7-17-12)13(20)18-5-4-15-11(19)8-18/h6-7H,2-5,8H2,1H3,(H,15,19)(H,16,17). The van der Waals surface area contributed by atoms with Crippen molar-refractivity contribution in [2.45, 2.75) is 13.3 Å². The van der Waals surface area contributed by atoms with Crippen LogP contribution in [0.2, 0.25) is 5.02 Å². The first-order chi connectivity index (χ1) is 9.61. The van der Waals surface area contributed by atoms with Crippen LogP contribution in [0.4, 0.5) is 5.82 Å². The summed E-state index contributed by atoms with van der Waals surface area (Å²) in [6.07, 6.45) is 2.44. The van der Waals surface area contributed by atoms with Crippen LogP contribution in [0.1, 0.15) is 23.7 Å². The van der Waals surface area contributed by atoms with E-state index >= 15 is 0 Å². The van der Waals surface area contributed by atoms with Crippen molar-refractivity contribution < 1.29 is 9.59 Å². The fourth-order valence-electron chi connectivity index (χ4n) is 1.92. The Morgan fingerprint density at radius 3 is 3.05 bits per heavy atom. The Morgan fingerprint density at radius 2 is 2.40 bits per heavy atom. The number of halogens is 1. The maximum Gasteiger partial charge on any atom is 0.256 e. The molecule has 1 fully saturated rings. The van der Waals surface area contributed by atoms with E-state index in [9.17, 15) is 9.59 Å². The van der Waals surface area contributed by atoms with Gasteiger partial charge in [-0.2, -0.15) is 0 Å². The first kappa shape index (κ1) is 14.6. The first-order valence-corrected chi connectivity index (χ1v) is 6.95. The second kappa shape index (κ2) is 6.56. The number of pyridine rings is 1. The van der Waals surface area contributed by atoms with Gasteiger partial charge in [-0.15, -0.1) is 0 Å². The molecule has 20 heavy (non-hydrogen) atoms. The average Bonchev–Trinajstić information content (AvgIpc) is 2.45. The number of nitrogens with zero attached hydrogens (tertiary/aromatic N) is 2. The summed E-state index contributed by atoms with van der Waals surface area (Å²) in [7, 11) is 0. The summed E-state index contributed by atoms with van der Waals surface area (Å²) >= 11 is 6.10. The molecule has 1 aromatic rings. The van der Waals surface area contributed by atoms with Crippen molar-refractivity contribution in [1.29, 1.82) is 0 Å². The molecule has 0 aromatic carbocycles. The minimum atomic E-state index is -0.226. The average molecular weight is 297 g/mol. The fourth-order valence-corrected chi connectivity index (χ4v) is 2.16. The molecule has 2 rings (SSSR count). The normalized spacial score (nSPS) is 14.9. The molecule has 7 heteroatoms. The maximum atomic E-state index is 12.2. The summed E-state index contributed by atoms with van der Waals surface area (Å²) in [5.74, 6) is 0.197. The number of carbonyl (C=O) groups is 2. The van der Waals surface area contributed by atoms with E-state index in [1.165, 1.54) is 11.1 Å². The second-order valence-electron chi connectivity index (χ2n) is 4.56. The molecule has 1 aliphatic heterocycles. The molecular weight excluding hydrogens is 280 g/mol. The minimum Gasteiger partial charge on any atom is -0.369 e. The highest BCUT2D eigenvalue weighted by molar-refractivity contribution is 6.33. The molecule has 2 amide bonds. The summed E-state index contributed by atoms with van der Waals surface area (Å²) in [6, 6.07) is 1.58. The predicted molar refractivity (Wildman–Crippen MR) is 76.9 cm³/mol. The van der Waals surface area contributed by atoms with Crippen LogP contribution in [-0.2, 0) is 4.79 Å². The van der Waals surface area contributed by atoms with Crippen molar-refractivity contribution in [2.75, 3.05) is 31.5 Å². The third-order valence-corrected chi connectivity index (χ3v) is 3.24. The summed E-state index contributed by atoms with van der Waals surface area (Å²) in [6.45, 7) is 3.86. The minimum absolute atomic E-state index is 0.0757. The summed E-state index contributed by atoms with van der Waals surface area (Å²) < 4.78 is 0. The summed E-state index contributed by atoms with van der Waals surface area (Å²) in [5, 5.41) is 6.17. The lowest BCUT2D eigenvalue weighted by molar-refractivity contribution is -0.123. The largest absolute Gasteiger partial charge is 0.369 e. The van der Waals surface area contributed by atoms with E-state index in [0.29, 0.717) is 29.5 Å². The van der Waals surface area contributed by atoms with E-state index in [1.54, 1.807) is 6.07 Å². The lowest BCUT2D eigenvalue weighted by Gasteiger charge is -2.26. The molecule has 1 aromatic heterocycles. The van der Waals surface area contributed by atoms with Crippen LogP contribution < -0.4 is 10.6 Å². The number of hydrogen-bond acceptors (Lipinski definition) is 4. The zero-order chi connectivity index (χ0) is 14.5. The summed E-state index contributed by atoms with van der Waals surface area (Å²) in [4.78, 5) is 29.2. The van der Waals surface area contributed by atoms with Gasteiger partial charge in [-0.05, 0) is 12.5 Å². The SMILES string of the molecule is CCCNc1ncc(C(=O)N2CCNC(=O)C2)cc1Cl. The number of anilines is 1. The smallest absolute Gasteiger partial charge is 0.256 e. The molecule has 0 spiro atoms. The van der Waals surface area contributed by atoms with Crippen molar-refractivity contribution in [3.05, 3.63) is 22.8 Å². The Balaban J connectivity index is 2.10. The zero-order valence-electron chi connectivity index (χ0n) is 11.3. The third-order valence-electron chi connectivity index (χ3n) is 2.96. The van der Waals surface area contributed by atoms with E-state index in [4.69, 9.17) is 11.6 Å². The topological polar surface area (TPSA) is 74.3 Å². The lowest BCUT2D eigenvalue weighted by atomic mass is 10.2. The van der Waals surface area contributed by atoms with E-state index in [-0.39, 0.29) is 18.4 Å². The molecule has 0 saturated carbocycles. The number of rotatable bonds is 4. The highest BCUT2D eigenvalue weighted by Crippen LogP contribution is 2.21. The van der Waals surface area contributed by atoms with E-state index < -0.39 is 0 Å². The third kappa shape index (κ3) is 3.39. The Morgan fingerprint density at radius 1 is 1.60 bits per heavy atom. The zero-order valence-corrected chi connectivity index (χ0v) is 12.0. The molecule has 0 unspecified atom stereocenters. The predicted octanol–water partition coefficient (Wildman–Crippen LogP) is 1.13. The van der Waals surface area contributed by atoms with Gasteiger partial charge in [0.1, 0.15) is 5.82 Å². The van der Waals surface area contributed by atoms with Crippen LogP contribution in [0.5, 0.6) is 0 Å². The number of carbonyl (C=O) groups excluding carboxylic acids is 2. The first-order valence-electron chi connectivity index (χ1n) is 6.57. The monoisotopic (exact) mass is 296 g/mol. The number of nitrogens with one attached hydrogen (secondary N) is 2. The molecule has 0 bridgehead atoms. The Bertz CT molecular complexity index is 521. The van der Waals surface area contributed by atoms with Gasteiger partial charge in [0.05, 0.1) is 17.1 Å². The van der Waals surface area contributed by atoms with E-state index in [0.717, 1.165) is 13.0 Å². The van der Waals surface area contributed by atoms with E-state index in [1.807, 2.05) is 6.92 Å². The Kier molecular flexibility index (Phi) is 4.79. The van der Waals surface area contributed by atoms with Crippen molar-refractivity contribution in [3.8, 4) is 0 Å². The van der Waals surface area contributed by atoms with Crippen LogP contribution in [0.3, 0.4) is 0 Å². The van der Waals surface area contributed by atoms with Crippen LogP contribution in [0.25, 0.3) is 0 Å². The van der Waals surface area contributed by atoms with Gasteiger partial charge < -0.3 is 15.5 Å². The molecule has 6 nitrogen and oxygen atoms in total. The number of amides is 2. The lowest BCUT2D eigenvalue weighted by Crippen LogP contribution is -2.50. The highest BCUT2D eigenvalue weighted by atomic mass is 35.5. The van der Waals surface area contributed by atoms with Crippen LogP contribution >= 0.6 is 11.6 Å². The van der Waals surface area contributed by atoms with Gasteiger partial charge in [0.15, 0.2) is 0 Å². The Hall–Kier alpha value is -1.82. The molecule has 0 radical (unpaired) electrons. The molecule has 1 saturated heterocycles. The van der Waals surface area contributed by atoms with Gasteiger partial charge in [-0.1, -0.05) is 18.5 Å². The molecule has 108 valence electrons. The fraction of sp³-hybridized carbons (Fsp3) is 0.462. The number of piperazine rings is 1. The molecular formula is C13H17ClN4O2. The van der Waals surface area contributed by atoms with Crippen molar-refractivity contribution >= 4 is 29.2 Å². The molecule has 1 aliphatic rings. The van der Waals surface area contributed by atoms with Gasteiger partial charge in [0.25, 0.3) is 5.91 Å². The quantitative estimate of drug-likeness (QED) is 0.873. The van der Waals surface area contributed by atoms with Gasteiger partial charge in [0.2, 0.25) is 5.91 Å². The molecule has 0 aliphatic carbocycles. The molecule has 2 heterocycles. The summed E-state index contributed by atoms with van der Waals surface area (Å²) in [5.41, 5.74) is 0.395. The van der Waals surface area contributed by atoms with Crippen LogP contribution in [0, 0.1) is 0 Å². The highest BCUT2D eigenvalue weighted by Gasteiger charge is 2.23. The van der Waals surface area contributed by atoms with Gasteiger partial charge in [-0.25, -0.2) is 4.98 Å². The van der Waals surface area contributed by atoms with Gasteiger partial charge in [0, 0.05) is 25.8 Å². The molecule has 0 atom stereocenters. The Labute approximate surface area is 122 Å². The van der Waals surface area contributed by atoms with Crippen molar-refractivity contribution in [2.24, 2.45) is 0 Å². The second-order valence-corrected chi connectivity index (χ2v) is 4.97. The van der Waals surface area contributed by atoms with Crippen LogP contribution in [-0.4, -0.2) is 47.9 Å². The van der Waals surface area contributed by atoms with Gasteiger partial charge >= 0.3 is 0 Å². The van der Waals surface area contributed by atoms with Gasteiger partial charge in [-0.3, -0.25) is 9.59 Å². The molecule has 2 N–H and O–H groups in total. The van der Waals surface area contributed by atoms with Crippen molar-refractivity contribution in [3.63, 3.8) is 0 Å².